The SMILES string of the molecule is CCc1ccccc1NC(=O)COC(=O)c1ccc([N+](=O)[O-])cc1Cl. The summed E-state index contributed by atoms with van der Waals surface area (Å²) in [5.74, 6) is -1.33. The smallest absolute Gasteiger partial charge is 0.340 e. The summed E-state index contributed by atoms with van der Waals surface area (Å²) in [6.45, 7) is 1.46. The minimum absolute atomic E-state index is 0.0472. The van der Waals surface area contributed by atoms with Crippen molar-refractivity contribution in [2.45, 2.75) is 13.3 Å². The number of non-ortho nitro benzene ring substituents is 1. The number of amides is 1. The Hall–Kier alpha value is -2.93. The minimum atomic E-state index is -0.834. The second kappa shape index (κ2) is 8.25. The summed E-state index contributed by atoms with van der Waals surface area (Å²) in [6.07, 6.45) is 0.745. The lowest BCUT2D eigenvalue weighted by atomic mass is 10.1. The molecule has 2 aromatic carbocycles. The summed E-state index contributed by atoms with van der Waals surface area (Å²) < 4.78 is 4.91. The lowest BCUT2D eigenvalue weighted by molar-refractivity contribution is -0.384. The topological polar surface area (TPSA) is 98.5 Å². The number of nitro benzene ring substituents is 1. The highest BCUT2D eigenvalue weighted by Gasteiger charge is 2.17. The minimum Gasteiger partial charge on any atom is -0.452 e. The lowest BCUT2D eigenvalue weighted by Gasteiger charge is -2.10. The summed E-state index contributed by atoms with van der Waals surface area (Å²) in [4.78, 5) is 33.9. The summed E-state index contributed by atoms with van der Waals surface area (Å²) >= 11 is 5.85. The number of ether oxygens (including phenoxy) is 1. The van der Waals surface area contributed by atoms with Gasteiger partial charge in [-0.3, -0.25) is 14.9 Å². The van der Waals surface area contributed by atoms with Crippen molar-refractivity contribution < 1.29 is 19.2 Å². The average Bonchev–Trinajstić information content (AvgIpc) is 2.60. The molecule has 1 amide bonds. The number of carbonyl (C=O) groups excluding carboxylic acids is 2. The number of para-hydroxylation sites is 1. The van der Waals surface area contributed by atoms with Crippen LogP contribution in [0.15, 0.2) is 42.5 Å². The first-order valence-electron chi connectivity index (χ1n) is 7.41. The molecule has 0 aromatic heterocycles. The van der Waals surface area contributed by atoms with Crippen LogP contribution in [0.3, 0.4) is 0 Å². The highest BCUT2D eigenvalue weighted by Crippen LogP contribution is 2.23. The van der Waals surface area contributed by atoms with E-state index in [4.69, 9.17) is 16.3 Å². The predicted octanol–water partition coefficient (Wildman–Crippen LogP) is 3.61. The molecule has 0 saturated carbocycles. The third kappa shape index (κ3) is 4.77. The highest BCUT2D eigenvalue weighted by atomic mass is 35.5. The molecule has 0 unspecified atom stereocenters. The van der Waals surface area contributed by atoms with E-state index in [0.29, 0.717) is 5.69 Å². The highest BCUT2D eigenvalue weighted by molar-refractivity contribution is 6.33. The molecule has 0 radical (unpaired) electrons. The van der Waals surface area contributed by atoms with Crippen molar-refractivity contribution in [2.75, 3.05) is 11.9 Å². The van der Waals surface area contributed by atoms with E-state index in [1.807, 2.05) is 19.1 Å². The molecule has 7 nitrogen and oxygen atoms in total. The van der Waals surface area contributed by atoms with Crippen LogP contribution in [0.2, 0.25) is 5.02 Å². The number of rotatable bonds is 6. The van der Waals surface area contributed by atoms with Crippen LogP contribution in [-0.2, 0) is 16.0 Å². The molecule has 0 aliphatic carbocycles. The number of esters is 1. The first kappa shape index (κ1) is 18.4. The van der Waals surface area contributed by atoms with Crippen molar-refractivity contribution in [1.82, 2.24) is 0 Å². The van der Waals surface area contributed by atoms with E-state index in [0.717, 1.165) is 24.1 Å². The number of nitrogens with one attached hydrogen (secondary N) is 1. The zero-order chi connectivity index (χ0) is 18.4. The molecule has 1 N–H and O–H groups in total. The van der Waals surface area contributed by atoms with Crippen molar-refractivity contribution in [3.63, 3.8) is 0 Å². The Morgan fingerprint density at radius 1 is 1.24 bits per heavy atom. The molecule has 0 spiro atoms. The molecule has 8 heteroatoms. The number of aryl methyl sites for hydroxylation is 1. The van der Waals surface area contributed by atoms with Crippen LogP contribution in [0.4, 0.5) is 11.4 Å². The fourth-order valence-corrected chi connectivity index (χ4v) is 2.38. The largest absolute Gasteiger partial charge is 0.452 e. The summed E-state index contributed by atoms with van der Waals surface area (Å²) in [5.41, 5.74) is 1.32. The number of hydrogen-bond acceptors (Lipinski definition) is 5. The van der Waals surface area contributed by atoms with Crippen molar-refractivity contribution in [1.29, 1.82) is 0 Å². The number of anilines is 1. The number of halogens is 1. The van der Waals surface area contributed by atoms with Gasteiger partial charge in [0, 0.05) is 17.8 Å². The number of carbonyl (C=O) groups is 2. The Morgan fingerprint density at radius 2 is 1.96 bits per heavy atom. The van der Waals surface area contributed by atoms with Gasteiger partial charge in [0.15, 0.2) is 6.61 Å². The molecule has 0 fully saturated rings. The Morgan fingerprint density at radius 3 is 2.60 bits per heavy atom. The normalized spacial score (nSPS) is 10.2. The Kier molecular flexibility index (Phi) is 6.08. The van der Waals surface area contributed by atoms with Crippen LogP contribution in [0.25, 0.3) is 0 Å². The number of nitrogens with zero attached hydrogens (tertiary/aromatic N) is 1. The van der Waals surface area contributed by atoms with Crippen LogP contribution >= 0.6 is 11.6 Å². The maximum atomic E-state index is 12.0. The summed E-state index contributed by atoms with van der Waals surface area (Å²) in [7, 11) is 0. The summed E-state index contributed by atoms with van der Waals surface area (Å²) in [6, 6.07) is 10.7. The quantitative estimate of drug-likeness (QED) is 0.481. The molecular formula is C17H15ClN2O5. The van der Waals surface area contributed by atoms with Crippen molar-refractivity contribution in [3.05, 3.63) is 68.7 Å². The van der Waals surface area contributed by atoms with E-state index in [-0.39, 0.29) is 16.3 Å². The maximum Gasteiger partial charge on any atom is 0.340 e. The van der Waals surface area contributed by atoms with Crippen LogP contribution in [-0.4, -0.2) is 23.4 Å². The number of hydrogen-bond donors (Lipinski definition) is 1. The van der Waals surface area contributed by atoms with Gasteiger partial charge >= 0.3 is 5.97 Å². The van der Waals surface area contributed by atoms with Gasteiger partial charge in [-0.05, 0) is 24.1 Å². The van der Waals surface area contributed by atoms with Gasteiger partial charge in [0.25, 0.3) is 11.6 Å². The molecule has 0 aliphatic heterocycles. The predicted molar refractivity (Wildman–Crippen MR) is 92.8 cm³/mol. The van der Waals surface area contributed by atoms with Crippen LogP contribution < -0.4 is 5.32 Å². The molecule has 25 heavy (non-hydrogen) atoms. The molecule has 2 aromatic rings. The van der Waals surface area contributed by atoms with Gasteiger partial charge in [0.05, 0.1) is 15.5 Å². The fourth-order valence-electron chi connectivity index (χ4n) is 2.13. The molecule has 0 saturated heterocycles. The Labute approximate surface area is 148 Å². The van der Waals surface area contributed by atoms with Crippen LogP contribution in [0.1, 0.15) is 22.8 Å². The van der Waals surface area contributed by atoms with Gasteiger partial charge in [0.2, 0.25) is 0 Å². The lowest BCUT2D eigenvalue weighted by Crippen LogP contribution is -2.21. The maximum absolute atomic E-state index is 12.0. The van der Waals surface area contributed by atoms with E-state index >= 15 is 0 Å². The van der Waals surface area contributed by atoms with Crippen molar-refractivity contribution in [3.8, 4) is 0 Å². The zero-order valence-corrected chi connectivity index (χ0v) is 14.1. The second-order valence-electron chi connectivity index (χ2n) is 5.06. The molecule has 0 atom stereocenters. The van der Waals surface area contributed by atoms with Gasteiger partial charge in [-0.15, -0.1) is 0 Å². The molecule has 0 heterocycles. The third-order valence-electron chi connectivity index (χ3n) is 3.39. The molecule has 0 aliphatic rings. The van der Waals surface area contributed by atoms with Gasteiger partial charge in [-0.25, -0.2) is 4.79 Å². The van der Waals surface area contributed by atoms with Crippen LogP contribution in [0.5, 0.6) is 0 Å². The standard InChI is InChI=1S/C17H15ClN2O5/c1-2-11-5-3-4-6-15(11)19-16(21)10-25-17(22)13-8-7-12(20(23)24)9-14(13)18/h3-9H,2,10H2,1H3,(H,19,21). The van der Waals surface area contributed by atoms with E-state index in [2.05, 4.69) is 5.32 Å². The Bertz CT molecular complexity index is 822. The second-order valence-corrected chi connectivity index (χ2v) is 5.46. The van der Waals surface area contributed by atoms with Gasteiger partial charge in [0.1, 0.15) is 0 Å². The fraction of sp³-hybridized carbons (Fsp3) is 0.176. The molecular weight excluding hydrogens is 348 g/mol. The van der Waals surface area contributed by atoms with E-state index in [1.54, 1.807) is 12.1 Å². The molecule has 130 valence electrons. The van der Waals surface area contributed by atoms with Gasteiger partial charge < -0.3 is 10.1 Å². The van der Waals surface area contributed by atoms with Crippen molar-refractivity contribution >= 4 is 34.9 Å². The van der Waals surface area contributed by atoms with E-state index in [9.17, 15) is 19.7 Å². The van der Waals surface area contributed by atoms with Crippen LogP contribution in [0, 0.1) is 10.1 Å². The van der Waals surface area contributed by atoms with Crippen molar-refractivity contribution in [2.24, 2.45) is 0 Å². The number of nitro groups is 1. The first-order valence-corrected chi connectivity index (χ1v) is 7.79. The molecule has 2 rings (SSSR count). The van der Waals surface area contributed by atoms with Gasteiger partial charge in [-0.2, -0.15) is 0 Å². The average molecular weight is 363 g/mol. The van der Waals surface area contributed by atoms with E-state index < -0.39 is 23.4 Å². The first-order chi connectivity index (χ1) is 11.9. The zero-order valence-electron chi connectivity index (χ0n) is 13.3. The monoisotopic (exact) mass is 362 g/mol. The van der Waals surface area contributed by atoms with Gasteiger partial charge in [-0.1, -0.05) is 36.7 Å². The van der Waals surface area contributed by atoms with E-state index in [1.165, 1.54) is 6.07 Å². The third-order valence-corrected chi connectivity index (χ3v) is 3.70. The molecule has 0 bridgehead atoms. The number of benzene rings is 2. The summed E-state index contributed by atoms with van der Waals surface area (Å²) in [5, 5.41) is 13.2. The Balaban J connectivity index is 1.97.